The molecule has 0 bridgehead atoms. The minimum Gasteiger partial charge on any atom is -0.481 e. The van der Waals surface area contributed by atoms with Gasteiger partial charge in [0.1, 0.15) is 17.6 Å². The molecule has 0 aromatic heterocycles. The standard InChI is InChI=1S/C16H12N2O5/c1-11-8-13(6-7-14(11)18(20)21)23-16(19)10-22-15-5-3-2-4-12(15)9-17/h2-8H,10H2,1H3. The zero-order valence-electron chi connectivity index (χ0n) is 12.2. The van der Waals surface area contributed by atoms with Gasteiger partial charge in [-0.05, 0) is 31.2 Å². The van der Waals surface area contributed by atoms with Crippen LogP contribution in [0.3, 0.4) is 0 Å². The second-order valence-electron chi connectivity index (χ2n) is 4.58. The Bertz CT molecular complexity index is 795. The first-order valence-electron chi connectivity index (χ1n) is 6.59. The number of nitro groups is 1. The van der Waals surface area contributed by atoms with Crippen molar-refractivity contribution < 1.29 is 19.2 Å². The Morgan fingerprint density at radius 1 is 1.30 bits per heavy atom. The van der Waals surface area contributed by atoms with E-state index in [0.717, 1.165) is 0 Å². The average Bonchev–Trinajstić information content (AvgIpc) is 2.53. The molecule has 7 heteroatoms. The Morgan fingerprint density at radius 2 is 2.04 bits per heavy atom. The van der Waals surface area contributed by atoms with Crippen LogP contribution in [0.2, 0.25) is 0 Å². The number of benzene rings is 2. The van der Waals surface area contributed by atoms with Crippen LogP contribution in [0, 0.1) is 28.4 Å². The number of para-hydroxylation sites is 1. The van der Waals surface area contributed by atoms with Crippen LogP contribution in [-0.4, -0.2) is 17.5 Å². The molecule has 7 nitrogen and oxygen atoms in total. The van der Waals surface area contributed by atoms with E-state index in [2.05, 4.69) is 0 Å². The molecule has 0 saturated carbocycles. The summed E-state index contributed by atoms with van der Waals surface area (Å²) in [5.41, 5.74) is 0.645. The van der Waals surface area contributed by atoms with Crippen molar-refractivity contribution in [2.24, 2.45) is 0 Å². The molecule has 116 valence electrons. The lowest BCUT2D eigenvalue weighted by atomic mass is 10.2. The molecule has 0 N–H and O–H groups in total. The number of hydrogen-bond acceptors (Lipinski definition) is 6. The number of esters is 1. The van der Waals surface area contributed by atoms with Gasteiger partial charge in [0.2, 0.25) is 0 Å². The Hall–Kier alpha value is -3.40. The number of rotatable bonds is 5. The van der Waals surface area contributed by atoms with Crippen molar-refractivity contribution >= 4 is 11.7 Å². The molecule has 23 heavy (non-hydrogen) atoms. The molecule has 2 aromatic carbocycles. The summed E-state index contributed by atoms with van der Waals surface area (Å²) < 4.78 is 10.3. The lowest BCUT2D eigenvalue weighted by molar-refractivity contribution is -0.385. The predicted octanol–water partition coefficient (Wildman–Crippen LogP) is 2.76. The molecule has 0 amide bonds. The summed E-state index contributed by atoms with van der Waals surface area (Å²) >= 11 is 0. The van der Waals surface area contributed by atoms with Crippen LogP contribution in [0.15, 0.2) is 42.5 Å². The van der Waals surface area contributed by atoms with Crippen LogP contribution in [0.1, 0.15) is 11.1 Å². The Kier molecular flexibility index (Phi) is 4.89. The molecule has 0 spiro atoms. The van der Waals surface area contributed by atoms with Crippen molar-refractivity contribution in [2.45, 2.75) is 6.92 Å². The van der Waals surface area contributed by atoms with E-state index in [0.29, 0.717) is 11.1 Å². The molecule has 2 aromatic rings. The monoisotopic (exact) mass is 312 g/mol. The molecule has 2 rings (SSSR count). The molecule has 0 fully saturated rings. The lowest BCUT2D eigenvalue weighted by Gasteiger charge is -2.08. The number of ether oxygens (including phenoxy) is 2. The first kappa shape index (κ1) is 16.0. The predicted molar refractivity (Wildman–Crippen MR) is 80.1 cm³/mol. The van der Waals surface area contributed by atoms with Crippen LogP contribution in [0.4, 0.5) is 5.69 Å². The third-order valence-corrected chi connectivity index (χ3v) is 2.95. The second kappa shape index (κ2) is 7.04. The molecule has 0 radical (unpaired) electrons. The Balaban J connectivity index is 1.99. The molecule has 0 saturated heterocycles. The number of nitro benzene ring substituents is 1. The topological polar surface area (TPSA) is 102 Å². The van der Waals surface area contributed by atoms with E-state index >= 15 is 0 Å². The second-order valence-corrected chi connectivity index (χ2v) is 4.58. The fraction of sp³-hybridized carbons (Fsp3) is 0.125. The van der Waals surface area contributed by atoms with Crippen molar-refractivity contribution in [1.29, 1.82) is 5.26 Å². The van der Waals surface area contributed by atoms with Gasteiger partial charge in [-0.25, -0.2) is 4.79 Å². The van der Waals surface area contributed by atoms with Crippen molar-refractivity contribution in [3.8, 4) is 17.6 Å². The highest BCUT2D eigenvalue weighted by molar-refractivity contribution is 5.74. The van der Waals surface area contributed by atoms with Crippen LogP contribution < -0.4 is 9.47 Å². The maximum Gasteiger partial charge on any atom is 0.349 e. The molecule has 0 aliphatic carbocycles. The van der Waals surface area contributed by atoms with Crippen LogP contribution in [0.5, 0.6) is 11.5 Å². The van der Waals surface area contributed by atoms with Gasteiger partial charge in [0.15, 0.2) is 6.61 Å². The van der Waals surface area contributed by atoms with Crippen molar-refractivity contribution in [1.82, 2.24) is 0 Å². The number of carbonyl (C=O) groups is 1. The van der Waals surface area contributed by atoms with Gasteiger partial charge in [0.25, 0.3) is 5.69 Å². The number of hydrogen-bond donors (Lipinski definition) is 0. The highest BCUT2D eigenvalue weighted by atomic mass is 16.6. The number of nitriles is 1. The summed E-state index contributed by atoms with van der Waals surface area (Å²) in [6.45, 7) is 1.17. The molecule has 0 heterocycles. The summed E-state index contributed by atoms with van der Waals surface area (Å²) in [5.74, 6) is -0.201. The van der Waals surface area contributed by atoms with E-state index < -0.39 is 10.9 Å². The summed E-state index contributed by atoms with van der Waals surface area (Å²) in [6, 6.07) is 12.5. The fourth-order valence-electron chi connectivity index (χ4n) is 1.88. The van der Waals surface area contributed by atoms with Gasteiger partial charge in [0, 0.05) is 11.6 Å². The summed E-state index contributed by atoms with van der Waals surface area (Å²) in [5, 5.41) is 19.6. The molecular weight excluding hydrogens is 300 g/mol. The Labute approximate surface area is 131 Å². The van der Waals surface area contributed by atoms with Gasteiger partial charge in [-0.2, -0.15) is 5.26 Å². The van der Waals surface area contributed by atoms with E-state index in [1.165, 1.54) is 18.2 Å². The molecule has 0 aliphatic heterocycles. The van der Waals surface area contributed by atoms with E-state index in [1.54, 1.807) is 31.2 Å². The molecule has 0 atom stereocenters. The third-order valence-electron chi connectivity index (χ3n) is 2.95. The summed E-state index contributed by atoms with van der Waals surface area (Å²) in [7, 11) is 0. The van der Waals surface area contributed by atoms with Gasteiger partial charge in [-0.15, -0.1) is 0 Å². The number of aryl methyl sites for hydroxylation is 1. The maximum absolute atomic E-state index is 11.8. The Morgan fingerprint density at radius 3 is 2.70 bits per heavy atom. The minimum atomic E-state index is -0.675. The van der Waals surface area contributed by atoms with E-state index in [9.17, 15) is 14.9 Å². The maximum atomic E-state index is 11.8. The highest BCUT2D eigenvalue weighted by Crippen LogP contribution is 2.23. The van der Waals surface area contributed by atoms with Crippen LogP contribution >= 0.6 is 0 Å². The van der Waals surface area contributed by atoms with Gasteiger partial charge >= 0.3 is 5.97 Å². The fourth-order valence-corrected chi connectivity index (χ4v) is 1.88. The number of nitrogens with zero attached hydrogens (tertiary/aromatic N) is 2. The van der Waals surface area contributed by atoms with Gasteiger partial charge < -0.3 is 9.47 Å². The molecule has 0 unspecified atom stereocenters. The largest absolute Gasteiger partial charge is 0.481 e. The average molecular weight is 312 g/mol. The first-order valence-corrected chi connectivity index (χ1v) is 6.59. The van der Waals surface area contributed by atoms with E-state index in [4.69, 9.17) is 14.7 Å². The van der Waals surface area contributed by atoms with Crippen LogP contribution in [0.25, 0.3) is 0 Å². The van der Waals surface area contributed by atoms with Crippen LogP contribution in [-0.2, 0) is 4.79 Å². The molecular formula is C16H12N2O5. The SMILES string of the molecule is Cc1cc(OC(=O)COc2ccccc2C#N)ccc1[N+](=O)[O-]. The van der Waals surface area contributed by atoms with Crippen molar-refractivity contribution in [3.05, 3.63) is 63.7 Å². The number of carbonyl (C=O) groups excluding carboxylic acids is 1. The zero-order valence-corrected chi connectivity index (χ0v) is 12.2. The summed E-state index contributed by atoms with van der Waals surface area (Å²) in [6.07, 6.45) is 0. The first-order chi connectivity index (χ1) is 11.0. The highest BCUT2D eigenvalue weighted by Gasteiger charge is 2.13. The normalized spacial score (nSPS) is 9.74. The van der Waals surface area contributed by atoms with Crippen molar-refractivity contribution in [3.63, 3.8) is 0 Å². The van der Waals surface area contributed by atoms with Crippen molar-refractivity contribution in [2.75, 3.05) is 6.61 Å². The van der Waals surface area contributed by atoms with E-state index in [1.807, 2.05) is 6.07 Å². The smallest absolute Gasteiger partial charge is 0.349 e. The third kappa shape index (κ3) is 4.04. The zero-order chi connectivity index (χ0) is 16.8. The van der Waals surface area contributed by atoms with Gasteiger partial charge in [-0.1, -0.05) is 12.1 Å². The van der Waals surface area contributed by atoms with Gasteiger partial charge in [0.05, 0.1) is 10.5 Å². The lowest BCUT2D eigenvalue weighted by Crippen LogP contribution is -2.18. The molecule has 0 aliphatic rings. The summed E-state index contributed by atoms with van der Waals surface area (Å²) in [4.78, 5) is 22.0. The minimum absolute atomic E-state index is 0.0519. The quantitative estimate of drug-likeness (QED) is 0.364. The van der Waals surface area contributed by atoms with E-state index in [-0.39, 0.29) is 23.8 Å². The van der Waals surface area contributed by atoms with Gasteiger partial charge in [-0.3, -0.25) is 10.1 Å².